The minimum absolute atomic E-state index is 0.201. The zero-order valence-corrected chi connectivity index (χ0v) is 27.8. The fraction of sp³-hybridized carbons (Fsp3) is 0.548. The van der Waals surface area contributed by atoms with E-state index in [2.05, 4.69) is 76.4 Å². The molecule has 1 unspecified atom stereocenters. The summed E-state index contributed by atoms with van der Waals surface area (Å²) < 4.78 is 18.6. The van der Waals surface area contributed by atoms with Crippen molar-refractivity contribution in [3.8, 4) is 5.75 Å². The van der Waals surface area contributed by atoms with E-state index in [1.54, 1.807) is 6.92 Å². The molecule has 0 bridgehead atoms. The van der Waals surface area contributed by atoms with Gasteiger partial charge in [0.2, 0.25) is 0 Å². The Labute approximate surface area is 261 Å². The summed E-state index contributed by atoms with van der Waals surface area (Å²) in [7, 11) is 0. The number of carbonyl (C=O) groups excluding carboxylic acids is 2. The number of hydrogen-bond acceptors (Lipinski definition) is 6. The molecular weight excluding hydrogens is 720 g/mol. The van der Waals surface area contributed by atoms with E-state index in [4.69, 9.17) is 19.9 Å². The molecule has 2 aromatic carbocycles. The Balaban J connectivity index is 1.91. The molecule has 8 heteroatoms. The summed E-state index contributed by atoms with van der Waals surface area (Å²) in [6.07, 6.45) is 8.04. The molecule has 0 fully saturated rings. The van der Waals surface area contributed by atoms with E-state index in [1.165, 1.54) is 18.3 Å². The molecule has 0 spiro atoms. The molecule has 0 amide bonds. The summed E-state index contributed by atoms with van der Waals surface area (Å²) in [5, 5.41) is 0. The average molecular weight is 763 g/mol. The van der Waals surface area contributed by atoms with Crippen molar-refractivity contribution in [3.05, 3.63) is 60.2 Å². The van der Waals surface area contributed by atoms with E-state index in [9.17, 15) is 9.59 Å². The van der Waals surface area contributed by atoms with Gasteiger partial charge in [0.25, 0.3) is 0 Å². The molecule has 0 heterocycles. The zero-order valence-electron chi connectivity index (χ0n) is 23.5. The molecule has 2 aromatic rings. The summed E-state index contributed by atoms with van der Waals surface area (Å²) in [4.78, 5) is 23.7. The first-order valence-corrected chi connectivity index (χ1v) is 16.1. The van der Waals surface area contributed by atoms with Crippen molar-refractivity contribution >= 4 is 57.1 Å². The van der Waals surface area contributed by atoms with Crippen molar-refractivity contribution in [2.75, 3.05) is 19.8 Å². The minimum atomic E-state index is -0.333. The summed E-state index contributed by atoms with van der Waals surface area (Å²) in [6.45, 7) is 6.93. The quantitative estimate of drug-likeness (QED) is 0.0964. The Morgan fingerprint density at radius 2 is 1.49 bits per heavy atom. The van der Waals surface area contributed by atoms with Gasteiger partial charge in [0.15, 0.2) is 0 Å². The van der Waals surface area contributed by atoms with Gasteiger partial charge in [-0.1, -0.05) is 31.4 Å². The molecule has 2 rings (SSSR count). The highest BCUT2D eigenvalue weighted by Crippen LogP contribution is 2.29. The Kier molecular flexibility index (Phi) is 15.7. The van der Waals surface area contributed by atoms with Crippen LogP contribution in [-0.4, -0.2) is 31.8 Å². The third-order valence-electron chi connectivity index (χ3n) is 6.62. The van der Waals surface area contributed by atoms with Gasteiger partial charge in [0.1, 0.15) is 5.75 Å². The fourth-order valence-corrected chi connectivity index (χ4v) is 6.48. The van der Waals surface area contributed by atoms with Crippen LogP contribution in [0.2, 0.25) is 0 Å². The van der Waals surface area contributed by atoms with Gasteiger partial charge in [-0.2, -0.15) is 0 Å². The number of esters is 2. The molecule has 0 saturated heterocycles. The van der Waals surface area contributed by atoms with Crippen LogP contribution < -0.4 is 10.5 Å². The molecule has 6 nitrogen and oxygen atoms in total. The van der Waals surface area contributed by atoms with Crippen LogP contribution in [0.3, 0.4) is 0 Å². The second-order valence-electron chi connectivity index (χ2n) is 9.95. The van der Waals surface area contributed by atoms with E-state index in [-0.39, 0.29) is 17.5 Å². The van der Waals surface area contributed by atoms with Gasteiger partial charge in [-0.3, -0.25) is 9.59 Å². The molecule has 2 N–H and O–H groups in total. The van der Waals surface area contributed by atoms with Crippen LogP contribution >= 0.6 is 45.2 Å². The van der Waals surface area contributed by atoms with Crippen LogP contribution in [0.15, 0.2) is 36.4 Å². The van der Waals surface area contributed by atoms with Crippen molar-refractivity contribution < 1.29 is 23.8 Å². The monoisotopic (exact) mass is 763 g/mol. The van der Waals surface area contributed by atoms with Crippen LogP contribution in [-0.2, 0) is 37.4 Å². The van der Waals surface area contributed by atoms with Crippen molar-refractivity contribution in [2.24, 2.45) is 5.73 Å². The largest absolute Gasteiger partial charge is 0.493 e. The van der Waals surface area contributed by atoms with Gasteiger partial charge < -0.3 is 19.9 Å². The maximum Gasteiger partial charge on any atom is 0.306 e. The molecule has 0 aliphatic rings. The standard InChI is InChI=1S/C31H43I2NO5/c1-4-37-29(35)15-11-19-39-28-14-10-13-23(27(28)16-17-30(36)38-5-2)12-8-6-7-9-18-31(3,34)24-20-25(32)22-26(33)21-24/h10,13-14,20-22H,4-9,11-12,15-19,34H2,1-3H3. The second kappa shape index (κ2) is 18.1. The number of hydrogen-bond donors (Lipinski definition) is 1. The number of unbranched alkanes of at least 4 members (excludes halogenated alkanes) is 3. The summed E-state index contributed by atoms with van der Waals surface area (Å²) in [6, 6.07) is 12.6. The number of halogens is 2. The second-order valence-corrected chi connectivity index (χ2v) is 12.4. The van der Waals surface area contributed by atoms with Crippen molar-refractivity contribution in [1.29, 1.82) is 0 Å². The first kappa shape index (κ1) is 33.8. The topological polar surface area (TPSA) is 87.9 Å². The molecule has 0 aliphatic heterocycles. The van der Waals surface area contributed by atoms with Crippen LogP contribution in [0.4, 0.5) is 0 Å². The number of aryl methyl sites for hydroxylation is 1. The normalized spacial score (nSPS) is 12.6. The number of rotatable bonds is 18. The Morgan fingerprint density at radius 1 is 0.846 bits per heavy atom. The molecule has 0 radical (unpaired) electrons. The van der Waals surface area contributed by atoms with Crippen molar-refractivity contribution in [1.82, 2.24) is 0 Å². The van der Waals surface area contributed by atoms with Crippen molar-refractivity contribution in [2.45, 2.75) is 90.5 Å². The highest BCUT2D eigenvalue weighted by molar-refractivity contribution is 14.1. The van der Waals surface area contributed by atoms with Gasteiger partial charge in [0, 0.05) is 25.5 Å². The van der Waals surface area contributed by atoms with E-state index >= 15 is 0 Å². The van der Waals surface area contributed by atoms with E-state index < -0.39 is 0 Å². The SMILES string of the molecule is CCOC(=O)CCCOc1cccc(CCCCCCC(C)(N)c2cc(I)cc(I)c2)c1CCC(=O)OCC. The lowest BCUT2D eigenvalue weighted by molar-refractivity contribution is -0.144. The number of benzene rings is 2. The third-order valence-corrected chi connectivity index (χ3v) is 7.86. The van der Waals surface area contributed by atoms with E-state index in [1.807, 2.05) is 19.1 Å². The fourth-order valence-electron chi connectivity index (χ4n) is 4.55. The van der Waals surface area contributed by atoms with Gasteiger partial charge >= 0.3 is 11.9 Å². The van der Waals surface area contributed by atoms with Crippen LogP contribution in [0.25, 0.3) is 0 Å². The van der Waals surface area contributed by atoms with Gasteiger partial charge in [0.05, 0.1) is 19.8 Å². The maximum absolute atomic E-state index is 12.1. The predicted octanol–water partition coefficient (Wildman–Crippen LogP) is 7.48. The molecule has 0 saturated carbocycles. The third kappa shape index (κ3) is 12.8. The summed E-state index contributed by atoms with van der Waals surface area (Å²) in [5.41, 5.74) is 9.83. The number of nitrogens with two attached hydrogens (primary N) is 1. The summed E-state index contributed by atoms with van der Waals surface area (Å²) >= 11 is 4.70. The average Bonchev–Trinajstić information content (AvgIpc) is 2.87. The number of carbonyl (C=O) groups is 2. The minimum Gasteiger partial charge on any atom is -0.493 e. The zero-order chi connectivity index (χ0) is 28.7. The first-order valence-electron chi connectivity index (χ1n) is 14.0. The Morgan fingerprint density at radius 3 is 2.15 bits per heavy atom. The smallest absolute Gasteiger partial charge is 0.306 e. The van der Waals surface area contributed by atoms with Crippen molar-refractivity contribution in [3.63, 3.8) is 0 Å². The highest BCUT2D eigenvalue weighted by Gasteiger charge is 2.21. The van der Waals surface area contributed by atoms with Gasteiger partial charge in [-0.05, 0) is 139 Å². The molecule has 0 aliphatic carbocycles. The Hall–Kier alpha value is -1.40. The highest BCUT2D eigenvalue weighted by atomic mass is 127. The number of ether oxygens (including phenoxy) is 3. The lowest BCUT2D eigenvalue weighted by Gasteiger charge is -2.26. The molecule has 0 aromatic heterocycles. The molecule has 39 heavy (non-hydrogen) atoms. The lowest BCUT2D eigenvalue weighted by atomic mass is 9.87. The summed E-state index contributed by atoms with van der Waals surface area (Å²) in [5.74, 6) is 0.375. The predicted molar refractivity (Wildman–Crippen MR) is 173 cm³/mol. The van der Waals surface area contributed by atoms with E-state index in [0.717, 1.165) is 49.8 Å². The van der Waals surface area contributed by atoms with E-state index in [0.29, 0.717) is 45.5 Å². The molecular formula is C31H43I2NO5. The Bertz CT molecular complexity index is 1040. The van der Waals surface area contributed by atoms with Gasteiger partial charge in [-0.25, -0.2) is 0 Å². The van der Waals surface area contributed by atoms with Gasteiger partial charge in [-0.15, -0.1) is 0 Å². The van der Waals surface area contributed by atoms with Crippen LogP contribution in [0.1, 0.15) is 88.8 Å². The molecule has 1 atom stereocenters. The molecule has 216 valence electrons. The first-order chi connectivity index (χ1) is 18.7. The lowest BCUT2D eigenvalue weighted by Crippen LogP contribution is -2.33. The van der Waals surface area contributed by atoms with Crippen LogP contribution in [0, 0.1) is 7.14 Å². The van der Waals surface area contributed by atoms with Crippen LogP contribution in [0.5, 0.6) is 5.75 Å². The maximum atomic E-state index is 12.1.